The van der Waals surface area contributed by atoms with Gasteiger partial charge in [0.15, 0.2) is 0 Å². The molecule has 1 saturated carbocycles. The van der Waals surface area contributed by atoms with Crippen LogP contribution in [0.1, 0.15) is 39.0 Å². The van der Waals surface area contributed by atoms with Crippen LogP contribution in [0.15, 0.2) is 0 Å². The molecule has 1 rings (SSSR count). The van der Waals surface area contributed by atoms with Gasteiger partial charge in [0.1, 0.15) is 12.1 Å². The highest BCUT2D eigenvalue weighted by molar-refractivity contribution is 5.76. The SMILES string of the molecule is C#CCC(N)C(=O)OC1CCCC(C)C1. The average molecular weight is 209 g/mol. The molecule has 0 spiro atoms. The largest absolute Gasteiger partial charge is 0.461 e. The molecule has 2 N–H and O–H groups in total. The summed E-state index contributed by atoms with van der Waals surface area (Å²) in [6.07, 6.45) is 9.65. The van der Waals surface area contributed by atoms with E-state index in [1.165, 1.54) is 6.42 Å². The van der Waals surface area contributed by atoms with Crippen LogP contribution in [0.2, 0.25) is 0 Å². The van der Waals surface area contributed by atoms with Gasteiger partial charge < -0.3 is 10.5 Å². The number of ether oxygens (including phenoxy) is 1. The van der Waals surface area contributed by atoms with Gasteiger partial charge in [-0.3, -0.25) is 4.79 Å². The van der Waals surface area contributed by atoms with E-state index >= 15 is 0 Å². The first-order valence-corrected chi connectivity index (χ1v) is 5.53. The van der Waals surface area contributed by atoms with Gasteiger partial charge in [0.2, 0.25) is 0 Å². The van der Waals surface area contributed by atoms with Gasteiger partial charge in [-0.2, -0.15) is 0 Å². The summed E-state index contributed by atoms with van der Waals surface area (Å²) in [7, 11) is 0. The van der Waals surface area contributed by atoms with E-state index in [2.05, 4.69) is 12.8 Å². The molecule has 0 aromatic rings. The van der Waals surface area contributed by atoms with E-state index in [0.29, 0.717) is 5.92 Å². The fraction of sp³-hybridized carbons (Fsp3) is 0.750. The minimum Gasteiger partial charge on any atom is -0.461 e. The standard InChI is InChI=1S/C12H19NO2/c1-3-5-11(13)12(14)15-10-7-4-6-9(2)8-10/h1,9-11H,4-8,13H2,2H3. The maximum Gasteiger partial charge on any atom is 0.324 e. The monoisotopic (exact) mass is 209 g/mol. The molecule has 0 aromatic carbocycles. The van der Waals surface area contributed by atoms with Gasteiger partial charge in [-0.25, -0.2) is 0 Å². The first-order chi connectivity index (χ1) is 7.13. The maximum atomic E-state index is 11.5. The molecule has 0 saturated heterocycles. The summed E-state index contributed by atoms with van der Waals surface area (Å²) in [4.78, 5) is 11.5. The van der Waals surface area contributed by atoms with Crippen LogP contribution in [-0.2, 0) is 9.53 Å². The first kappa shape index (κ1) is 12.1. The van der Waals surface area contributed by atoms with Gasteiger partial charge >= 0.3 is 5.97 Å². The van der Waals surface area contributed by atoms with Gasteiger partial charge in [-0.05, 0) is 25.2 Å². The molecule has 0 bridgehead atoms. The third kappa shape index (κ3) is 3.93. The van der Waals surface area contributed by atoms with E-state index in [4.69, 9.17) is 16.9 Å². The maximum absolute atomic E-state index is 11.5. The highest BCUT2D eigenvalue weighted by Gasteiger charge is 2.24. The summed E-state index contributed by atoms with van der Waals surface area (Å²) >= 11 is 0. The van der Waals surface area contributed by atoms with E-state index in [9.17, 15) is 4.79 Å². The normalized spacial score (nSPS) is 27.8. The Morgan fingerprint density at radius 2 is 2.40 bits per heavy atom. The Balaban J connectivity index is 2.34. The molecule has 1 fully saturated rings. The lowest BCUT2D eigenvalue weighted by atomic mass is 9.89. The van der Waals surface area contributed by atoms with E-state index in [1.807, 2.05) is 0 Å². The third-order valence-corrected chi connectivity index (χ3v) is 2.81. The molecule has 3 nitrogen and oxygen atoms in total. The Hall–Kier alpha value is -1.01. The summed E-state index contributed by atoms with van der Waals surface area (Å²) < 4.78 is 5.32. The smallest absolute Gasteiger partial charge is 0.324 e. The van der Waals surface area contributed by atoms with Gasteiger partial charge in [0, 0.05) is 6.42 Å². The molecule has 0 amide bonds. The summed E-state index contributed by atoms with van der Waals surface area (Å²) in [6.45, 7) is 2.18. The number of esters is 1. The number of carbonyl (C=O) groups is 1. The summed E-state index contributed by atoms with van der Waals surface area (Å²) in [6, 6.07) is -0.660. The molecule has 15 heavy (non-hydrogen) atoms. The zero-order valence-corrected chi connectivity index (χ0v) is 9.24. The number of rotatable bonds is 3. The molecule has 0 radical (unpaired) electrons. The van der Waals surface area contributed by atoms with E-state index in [0.717, 1.165) is 19.3 Å². The molecular weight excluding hydrogens is 190 g/mol. The van der Waals surface area contributed by atoms with Crippen molar-refractivity contribution in [1.29, 1.82) is 0 Å². The zero-order chi connectivity index (χ0) is 11.3. The van der Waals surface area contributed by atoms with Crippen LogP contribution in [0, 0.1) is 18.3 Å². The molecule has 0 aromatic heterocycles. The van der Waals surface area contributed by atoms with Gasteiger partial charge in [0.25, 0.3) is 0 Å². The Bertz CT molecular complexity index is 257. The molecule has 1 aliphatic carbocycles. The van der Waals surface area contributed by atoms with Crippen LogP contribution in [0.5, 0.6) is 0 Å². The molecule has 3 atom stereocenters. The Morgan fingerprint density at radius 3 is 3.00 bits per heavy atom. The fourth-order valence-electron chi connectivity index (χ4n) is 1.95. The first-order valence-electron chi connectivity index (χ1n) is 5.53. The van der Waals surface area contributed by atoms with Crippen molar-refractivity contribution in [2.45, 2.75) is 51.2 Å². The van der Waals surface area contributed by atoms with Crippen molar-refractivity contribution in [3.05, 3.63) is 0 Å². The number of hydrogen-bond acceptors (Lipinski definition) is 3. The van der Waals surface area contributed by atoms with Crippen LogP contribution in [0.25, 0.3) is 0 Å². The minimum absolute atomic E-state index is 0.0464. The van der Waals surface area contributed by atoms with E-state index in [1.54, 1.807) is 0 Å². The topological polar surface area (TPSA) is 52.3 Å². The van der Waals surface area contributed by atoms with Crippen molar-refractivity contribution in [3.63, 3.8) is 0 Å². The summed E-state index contributed by atoms with van der Waals surface area (Å²) in [5.74, 6) is 2.65. The molecule has 3 heteroatoms. The van der Waals surface area contributed by atoms with Crippen molar-refractivity contribution in [2.24, 2.45) is 11.7 Å². The highest BCUT2D eigenvalue weighted by Crippen LogP contribution is 2.25. The van der Waals surface area contributed by atoms with Crippen molar-refractivity contribution < 1.29 is 9.53 Å². The lowest BCUT2D eigenvalue weighted by Crippen LogP contribution is -2.36. The molecule has 0 heterocycles. The van der Waals surface area contributed by atoms with Gasteiger partial charge in [-0.15, -0.1) is 12.3 Å². The van der Waals surface area contributed by atoms with Crippen molar-refractivity contribution in [1.82, 2.24) is 0 Å². The van der Waals surface area contributed by atoms with Gasteiger partial charge in [0.05, 0.1) is 0 Å². The molecular formula is C12H19NO2. The van der Waals surface area contributed by atoms with Crippen LogP contribution < -0.4 is 5.73 Å². The fourth-order valence-corrected chi connectivity index (χ4v) is 1.95. The van der Waals surface area contributed by atoms with E-state index in [-0.39, 0.29) is 18.5 Å². The molecule has 1 aliphatic rings. The highest BCUT2D eigenvalue weighted by atomic mass is 16.5. The summed E-state index contributed by atoms with van der Waals surface area (Å²) in [5.41, 5.74) is 5.56. The van der Waals surface area contributed by atoms with Crippen molar-refractivity contribution in [2.75, 3.05) is 0 Å². The van der Waals surface area contributed by atoms with Crippen LogP contribution in [0.3, 0.4) is 0 Å². The Labute approximate surface area is 91.4 Å². The minimum atomic E-state index is -0.660. The van der Waals surface area contributed by atoms with Crippen LogP contribution in [-0.4, -0.2) is 18.1 Å². The number of carbonyl (C=O) groups excluding carboxylic acids is 1. The quantitative estimate of drug-likeness (QED) is 0.565. The molecule has 3 unspecified atom stereocenters. The third-order valence-electron chi connectivity index (χ3n) is 2.81. The molecule has 84 valence electrons. The second kappa shape index (κ2) is 5.77. The average Bonchev–Trinajstić information content (AvgIpc) is 2.18. The van der Waals surface area contributed by atoms with Gasteiger partial charge in [-0.1, -0.05) is 13.3 Å². The van der Waals surface area contributed by atoms with Crippen LogP contribution >= 0.6 is 0 Å². The number of nitrogens with two attached hydrogens (primary N) is 1. The summed E-state index contributed by atoms with van der Waals surface area (Å²) in [5, 5.41) is 0. The van der Waals surface area contributed by atoms with Crippen molar-refractivity contribution in [3.8, 4) is 12.3 Å². The number of hydrogen-bond donors (Lipinski definition) is 1. The predicted octanol–water partition coefficient (Wildman–Crippen LogP) is 1.46. The number of terminal acetylenes is 1. The second-order valence-corrected chi connectivity index (χ2v) is 4.35. The Kier molecular flexibility index (Phi) is 4.64. The predicted molar refractivity (Wildman–Crippen MR) is 58.9 cm³/mol. The Morgan fingerprint density at radius 1 is 1.67 bits per heavy atom. The second-order valence-electron chi connectivity index (χ2n) is 4.35. The lowest BCUT2D eigenvalue weighted by molar-refractivity contribution is -0.152. The zero-order valence-electron chi connectivity index (χ0n) is 9.24. The van der Waals surface area contributed by atoms with E-state index < -0.39 is 6.04 Å². The molecule has 0 aliphatic heterocycles. The lowest BCUT2D eigenvalue weighted by Gasteiger charge is -2.27. The van der Waals surface area contributed by atoms with Crippen LogP contribution in [0.4, 0.5) is 0 Å². The van der Waals surface area contributed by atoms with Crippen molar-refractivity contribution >= 4 is 5.97 Å².